The van der Waals surface area contributed by atoms with Gasteiger partial charge in [-0.1, -0.05) is 44.2 Å². The largest absolute Gasteiger partial charge is 0.378 e. The molecule has 0 N–H and O–H groups in total. The van der Waals surface area contributed by atoms with Crippen molar-refractivity contribution < 1.29 is 9.53 Å². The Morgan fingerprint density at radius 3 is 2.48 bits per heavy atom. The molecule has 27 heavy (non-hydrogen) atoms. The summed E-state index contributed by atoms with van der Waals surface area (Å²) < 4.78 is 6.88. The average molecular weight is 369 g/mol. The molecule has 6 nitrogen and oxygen atoms in total. The number of amides is 1. The van der Waals surface area contributed by atoms with Gasteiger partial charge in [0, 0.05) is 37.2 Å². The highest BCUT2D eigenvalue weighted by atomic mass is 16.5. The number of aromatic nitrogens is 2. The van der Waals surface area contributed by atoms with Crippen molar-refractivity contribution in [2.24, 2.45) is 5.41 Å². The number of likely N-dealkylation sites (N-methyl/N-ethyl adjacent to an activating group) is 1. The fourth-order valence-electron chi connectivity index (χ4n) is 3.81. The Balaban J connectivity index is 1.78. The minimum atomic E-state index is -0.286. The van der Waals surface area contributed by atoms with Crippen LogP contribution >= 0.6 is 0 Å². The van der Waals surface area contributed by atoms with Crippen LogP contribution in [0.25, 0.3) is 11.3 Å². The summed E-state index contributed by atoms with van der Waals surface area (Å²) in [7, 11) is 3.49. The molecule has 0 radical (unpaired) electrons. The van der Waals surface area contributed by atoms with E-state index in [1.807, 2.05) is 30.3 Å². The topological polar surface area (TPSA) is 64.4 Å². The highest BCUT2D eigenvalue weighted by Crippen LogP contribution is 2.53. The third kappa shape index (κ3) is 3.30. The van der Waals surface area contributed by atoms with Gasteiger partial charge in [0.2, 0.25) is 5.91 Å². The number of ether oxygens (including phenoxy) is 1. The zero-order chi connectivity index (χ0) is 19.8. The molecule has 1 saturated carbocycles. The quantitative estimate of drug-likeness (QED) is 0.813. The van der Waals surface area contributed by atoms with E-state index in [4.69, 9.17) is 4.74 Å². The fraction of sp³-hybridized carbons (Fsp3) is 0.476. The van der Waals surface area contributed by atoms with E-state index in [1.165, 1.54) is 10.7 Å². The number of carbonyl (C=O) groups excluding carboxylic acids is 1. The van der Waals surface area contributed by atoms with Crippen molar-refractivity contribution in [3.63, 3.8) is 0 Å². The molecular weight excluding hydrogens is 342 g/mol. The van der Waals surface area contributed by atoms with Gasteiger partial charge in [-0.15, -0.1) is 0 Å². The van der Waals surface area contributed by atoms with Crippen LogP contribution in [0.15, 0.2) is 47.3 Å². The summed E-state index contributed by atoms with van der Waals surface area (Å²) in [5.41, 5.74) is 0.862. The van der Waals surface area contributed by atoms with E-state index in [9.17, 15) is 9.59 Å². The molecule has 2 unspecified atom stereocenters. The van der Waals surface area contributed by atoms with E-state index in [0.29, 0.717) is 5.69 Å². The first kappa shape index (κ1) is 19.3. The van der Waals surface area contributed by atoms with Crippen LogP contribution in [-0.4, -0.2) is 46.4 Å². The van der Waals surface area contributed by atoms with Crippen molar-refractivity contribution in [3.8, 4) is 11.3 Å². The number of hydrogen-bond donors (Lipinski definition) is 0. The van der Waals surface area contributed by atoms with E-state index in [0.717, 1.165) is 12.0 Å². The number of benzene rings is 1. The number of methoxy groups -OCH3 is 1. The molecule has 1 amide bonds. The van der Waals surface area contributed by atoms with Gasteiger partial charge >= 0.3 is 0 Å². The molecule has 1 fully saturated rings. The van der Waals surface area contributed by atoms with Crippen molar-refractivity contribution in [1.29, 1.82) is 0 Å². The first-order chi connectivity index (χ1) is 12.7. The van der Waals surface area contributed by atoms with Crippen LogP contribution in [0.3, 0.4) is 0 Å². The Kier molecular flexibility index (Phi) is 4.95. The first-order valence-electron chi connectivity index (χ1n) is 9.14. The molecule has 1 aromatic heterocycles. The smallest absolute Gasteiger partial charge is 0.267 e. The molecule has 0 aliphatic heterocycles. The minimum Gasteiger partial charge on any atom is -0.378 e. The van der Waals surface area contributed by atoms with Crippen molar-refractivity contribution >= 4 is 5.91 Å². The first-order valence-corrected chi connectivity index (χ1v) is 9.14. The van der Waals surface area contributed by atoms with Crippen molar-refractivity contribution in [2.45, 2.75) is 45.4 Å². The molecule has 3 rings (SSSR count). The lowest BCUT2D eigenvalue weighted by atomic mass is 9.55. The van der Waals surface area contributed by atoms with E-state index in [1.54, 1.807) is 25.1 Å². The van der Waals surface area contributed by atoms with Crippen LogP contribution < -0.4 is 5.56 Å². The molecular formula is C21H27N3O3. The third-order valence-corrected chi connectivity index (χ3v) is 6.31. The molecule has 2 atom stereocenters. The zero-order valence-corrected chi connectivity index (χ0v) is 16.6. The lowest BCUT2D eigenvalue weighted by Gasteiger charge is -2.61. The SMILES string of the molecule is COC1(C)CC(N(C)C(=O)Cn2nc(-c3ccccc3)ccc2=O)C1(C)C. The van der Waals surface area contributed by atoms with E-state index in [-0.39, 0.29) is 35.1 Å². The summed E-state index contributed by atoms with van der Waals surface area (Å²) in [4.78, 5) is 26.7. The van der Waals surface area contributed by atoms with Gasteiger partial charge in [-0.05, 0) is 19.4 Å². The van der Waals surface area contributed by atoms with Crippen molar-refractivity contribution in [3.05, 3.63) is 52.8 Å². The summed E-state index contributed by atoms with van der Waals surface area (Å²) in [6.07, 6.45) is 0.769. The monoisotopic (exact) mass is 369 g/mol. The van der Waals surface area contributed by atoms with Crippen molar-refractivity contribution in [1.82, 2.24) is 14.7 Å². The molecule has 6 heteroatoms. The summed E-state index contributed by atoms with van der Waals surface area (Å²) in [5.74, 6) is -0.133. The lowest BCUT2D eigenvalue weighted by molar-refractivity contribution is -0.207. The molecule has 1 heterocycles. The number of nitrogens with zero attached hydrogens (tertiary/aromatic N) is 3. The fourth-order valence-corrected chi connectivity index (χ4v) is 3.81. The summed E-state index contributed by atoms with van der Waals surface area (Å²) in [6.45, 7) is 6.20. The standard InChI is InChI=1S/C21H27N3O3/c1-20(2)17(13-21(20,3)27-5)23(4)19(26)14-24-18(25)12-11-16(22-24)15-9-7-6-8-10-15/h6-12,17H,13-14H2,1-5H3. The molecule has 1 aliphatic rings. The van der Waals surface area contributed by atoms with Crippen molar-refractivity contribution in [2.75, 3.05) is 14.2 Å². The average Bonchev–Trinajstić information content (AvgIpc) is 2.67. The van der Waals surface area contributed by atoms with E-state index >= 15 is 0 Å². The van der Waals surface area contributed by atoms with E-state index < -0.39 is 0 Å². The van der Waals surface area contributed by atoms with Gasteiger partial charge in [0.15, 0.2) is 0 Å². The highest BCUT2D eigenvalue weighted by Gasteiger charge is 2.59. The zero-order valence-electron chi connectivity index (χ0n) is 16.6. The van der Waals surface area contributed by atoms with Gasteiger partial charge in [-0.25, -0.2) is 4.68 Å². The molecule has 0 bridgehead atoms. The second kappa shape index (κ2) is 6.93. The Hall–Kier alpha value is -2.47. The highest BCUT2D eigenvalue weighted by molar-refractivity contribution is 5.76. The van der Waals surface area contributed by atoms with Crippen LogP contribution in [-0.2, 0) is 16.1 Å². The van der Waals surface area contributed by atoms with Crippen LogP contribution in [0.5, 0.6) is 0 Å². The number of carbonyl (C=O) groups is 1. The van der Waals surface area contributed by atoms with E-state index in [2.05, 4.69) is 25.9 Å². The van der Waals surface area contributed by atoms with Crippen LogP contribution in [0, 0.1) is 5.41 Å². The van der Waals surface area contributed by atoms with Gasteiger partial charge in [0.25, 0.3) is 5.56 Å². The molecule has 0 spiro atoms. The lowest BCUT2D eigenvalue weighted by Crippen LogP contribution is -2.69. The molecule has 1 aliphatic carbocycles. The summed E-state index contributed by atoms with van der Waals surface area (Å²) >= 11 is 0. The predicted octanol–water partition coefficient (Wildman–Crippen LogP) is 2.57. The Labute approximate surface area is 159 Å². The second-order valence-corrected chi connectivity index (χ2v) is 7.96. The maximum Gasteiger partial charge on any atom is 0.267 e. The number of hydrogen-bond acceptors (Lipinski definition) is 4. The van der Waals surface area contributed by atoms with Gasteiger partial charge in [-0.3, -0.25) is 9.59 Å². The molecule has 144 valence electrons. The third-order valence-electron chi connectivity index (χ3n) is 6.31. The van der Waals surface area contributed by atoms with Gasteiger partial charge in [-0.2, -0.15) is 5.10 Å². The Morgan fingerprint density at radius 1 is 1.22 bits per heavy atom. The normalized spacial score (nSPS) is 23.5. The maximum absolute atomic E-state index is 12.8. The predicted molar refractivity (Wildman–Crippen MR) is 104 cm³/mol. The van der Waals surface area contributed by atoms with Crippen LogP contribution in [0.2, 0.25) is 0 Å². The molecule has 0 saturated heterocycles. The summed E-state index contributed by atoms with van der Waals surface area (Å²) in [5, 5.41) is 4.38. The minimum absolute atomic E-state index is 0.0583. The van der Waals surface area contributed by atoms with Crippen LogP contribution in [0.4, 0.5) is 0 Å². The number of rotatable bonds is 5. The molecule has 2 aromatic rings. The maximum atomic E-state index is 12.8. The van der Waals surface area contributed by atoms with Crippen LogP contribution in [0.1, 0.15) is 27.2 Å². The Morgan fingerprint density at radius 2 is 1.89 bits per heavy atom. The molecule has 1 aromatic carbocycles. The van der Waals surface area contributed by atoms with Gasteiger partial charge < -0.3 is 9.64 Å². The summed E-state index contributed by atoms with van der Waals surface area (Å²) in [6, 6.07) is 12.8. The second-order valence-electron chi connectivity index (χ2n) is 7.96. The van der Waals surface area contributed by atoms with Gasteiger partial charge in [0.05, 0.1) is 11.3 Å². The van der Waals surface area contributed by atoms with Gasteiger partial charge in [0.1, 0.15) is 6.54 Å². The Bertz CT molecular complexity index is 891.